The number of halogens is 2. The fourth-order valence-electron chi connectivity index (χ4n) is 1.11. The predicted octanol–water partition coefficient (Wildman–Crippen LogP) is 3.67. The smallest absolute Gasteiger partial charge is 0.218 e. The topological polar surface area (TPSA) is 36.9 Å². The van der Waals surface area contributed by atoms with Gasteiger partial charge in [-0.25, -0.2) is 0 Å². The van der Waals surface area contributed by atoms with Gasteiger partial charge in [0.2, 0.25) is 5.76 Å². The molecule has 0 radical (unpaired) electrons. The summed E-state index contributed by atoms with van der Waals surface area (Å²) in [6.07, 6.45) is 0. The summed E-state index contributed by atoms with van der Waals surface area (Å²) in [5.74, 6) is 0.383. The molecule has 1 aromatic heterocycles. The summed E-state index contributed by atoms with van der Waals surface area (Å²) in [6, 6.07) is 7.70. The maximum absolute atomic E-state index is 8.73. The van der Waals surface area contributed by atoms with Crippen LogP contribution in [0, 0.1) is 14.9 Å². The van der Waals surface area contributed by atoms with E-state index in [4.69, 9.17) is 9.68 Å². The summed E-state index contributed by atoms with van der Waals surface area (Å²) >= 11 is 5.48. The maximum atomic E-state index is 8.73. The van der Waals surface area contributed by atoms with E-state index < -0.39 is 0 Å². The first kappa shape index (κ1) is 9.03. The maximum Gasteiger partial charge on any atom is 0.218 e. The van der Waals surface area contributed by atoms with Crippen LogP contribution < -0.4 is 0 Å². The number of benzene rings is 1. The van der Waals surface area contributed by atoms with Gasteiger partial charge in [0.25, 0.3) is 0 Å². The highest BCUT2D eigenvalue weighted by Gasteiger charge is 2.10. The molecule has 4 heteroatoms. The molecule has 0 aliphatic rings. The van der Waals surface area contributed by atoms with Gasteiger partial charge in [0, 0.05) is 9.86 Å². The number of furan rings is 1. The molecule has 0 aliphatic heterocycles. The van der Waals surface area contributed by atoms with E-state index in [-0.39, 0.29) is 0 Å². The van der Waals surface area contributed by atoms with E-state index in [0.29, 0.717) is 5.76 Å². The molecular weight excluding hydrogens is 345 g/mol. The monoisotopic (exact) mass is 347 g/mol. The Morgan fingerprint density at radius 1 is 1.46 bits per heavy atom. The Kier molecular flexibility index (Phi) is 2.30. The fourth-order valence-corrected chi connectivity index (χ4v) is 2.13. The number of hydrogen-bond donors (Lipinski definition) is 0. The Balaban J connectivity index is 2.87. The summed E-state index contributed by atoms with van der Waals surface area (Å²) in [7, 11) is 0. The molecule has 1 heterocycles. The summed E-state index contributed by atoms with van der Waals surface area (Å²) in [5.41, 5.74) is 0.754. The number of nitriles is 1. The lowest BCUT2D eigenvalue weighted by Crippen LogP contribution is -1.71. The predicted molar refractivity (Wildman–Crippen MR) is 61.3 cm³/mol. The molecule has 0 fully saturated rings. The van der Waals surface area contributed by atoms with Crippen molar-refractivity contribution in [1.29, 1.82) is 5.26 Å². The average molecular weight is 348 g/mol. The van der Waals surface area contributed by atoms with Crippen LogP contribution in [0.1, 0.15) is 5.76 Å². The van der Waals surface area contributed by atoms with E-state index in [1.807, 2.05) is 24.3 Å². The van der Waals surface area contributed by atoms with Gasteiger partial charge in [-0.15, -0.1) is 0 Å². The van der Waals surface area contributed by atoms with Gasteiger partial charge in [0.05, 0.1) is 3.57 Å². The molecule has 0 atom stereocenters. The lowest BCUT2D eigenvalue weighted by molar-refractivity contribution is 0.597. The molecule has 64 valence electrons. The molecule has 0 bridgehead atoms. The minimum absolute atomic E-state index is 0.383. The highest BCUT2D eigenvalue weighted by molar-refractivity contribution is 14.1. The Morgan fingerprint density at radius 3 is 2.92 bits per heavy atom. The second-order valence-electron chi connectivity index (χ2n) is 2.50. The summed E-state index contributed by atoms with van der Waals surface area (Å²) in [6.45, 7) is 0. The Hall–Kier alpha value is -0.540. The van der Waals surface area contributed by atoms with Crippen molar-refractivity contribution in [2.75, 3.05) is 0 Å². The highest BCUT2D eigenvalue weighted by atomic mass is 127. The minimum atomic E-state index is 0.383. The molecule has 1 aromatic carbocycles. The Labute approximate surface area is 96.8 Å². The van der Waals surface area contributed by atoms with Crippen molar-refractivity contribution < 1.29 is 4.42 Å². The molecule has 0 saturated carbocycles. The normalized spacial score (nSPS) is 10.2. The minimum Gasteiger partial charge on any atom is -0.444 e. The quantitative estimate of drug-likeness (QED) is 0.682. The van der Waals surface area contributed by atoms with Crippen LogP contribution in [-0.4, -0.2) is 0 Å². The van der Waals surface area contributed by atoms with Crippen molar-refractivity contribution in [1.82, 2.24) is 0 Å². The first-order valence-corrected chi connectivity index (χ1v) is 5.37. The molecule has 0 unspecified atom stereocenters. The van der Waals surface area contributed by atoms with E-state index in [0.717, 1.165) is 19.0 Å². The molecule has 0 N–H and O–H groups in total. The Morgan fingerprint density at radius 2 is 2.23 bits per heavy atom. The summed E-state index contributed by atoms with van der Waals surface area (Å²) in [4.78, 5) is 0. The standard InChI is InChI=1S/C9H3BrINO/c10-5-1-2-7-6(3-5)9(11)8(4-12)13-7/h1-3H. The number of fused-ring (bicyclic) bond motifs is 1. The second kappa shape index (κ2) is 3.31. The molecule has 2 aromatic rings. The zero-order valence-corrected chi connectivity index (χ0v) is 10.1. The van der Waals surface area contributed by atoms with Crippen LogP contribution in [0.4, 0.5) is 0 Å². The molecule has 13 heavy (non-hydrogen) atoms. The first-order chi connectivity index (χ1) is 6.22. The zero-order chi connectivity index (χ0) is 9.42. The summed E-state index contributed by atoms with van der Waals surface area (Å²) < 4.78 is 7.17. The average Bonchev–Trinajstić information content (AvgIpc) is 2.44. The third-order valence-corrected chi connectivity index (χ3v) is 3.26. The number of hydrogen-bond acceptors (Lipinski definition) is 2. The van der Waals surface area contributed by atoms with E-state index in [1.54, 1.807) is 0 Å². The SMILES string of the molecule is N#Cc1oc2ccc(Br)cc2c1I. The molecule has 0 amide bonds. The first-order valence-electron chi connectivity index (χ1n) is 3.50. The van der Waals surface area contributed by atoms with Crippen molar-refractivity contribution in [2.45, 2.75) is 0 Å². The molecular formula is C9H3BrINO. The van der Waals surface area contributed by atoms with Gasteiger partial charge < -0.3 is 4.42 Å². The van der Waals surface area contributed by atoms with Gasteiger partial charge in [0.1, 0.15) is 11.7 Å². The molecule has 2 nitrogen and oxygen atoms in total. The fraction of sp³-hybridized carbons (Fsp3) is 0. The summed E-state index contributed by atoms with van der Waals surface area (Å²) in [5, 5.41) is 9.71. The van der Waals surface area contributed by atoms with Gasteiger partial charge in [-0.2, -0.15) is 5.26 Å². The lowest BCUT2D eigenvalue weighted by Gasteiger charge is -1.88. The second-order valence-corrected chi connectivity index (χ2v) is 4.49. The van der Waals surface area contributed by atoms with Gasteiger partial charge >= 0.3 is 0 Å². The van der Waals surface area contributed by atoms with Crippen molar-refractivity contribution in [3.05, 3.63) is 32.0 Å². The van der Waals surface area contributed by atoms with Crippen LogP contribution in [0.3, 0.4) is 0 Å². The highest BCUT2D eigenvalue weighted by Crippen LogP contribution is 2.29. The van der Waals surface area contributed by atoms with Crippen molar-refractivity contribution in [3.8, 4) is 6.07 Å². The lowest BCUT2D eigenvalue weighted by atomic mass is 10.2. The molecule has 0 saturated heterocycles. The van der Waals surface area contributed by atoms with Crippen LogP contribution >= 0.6 is 38.5 Å². The van der Waals surface area contributed by atoms with E-state index in [9.17, 15) is 0 Å². The van der Waals surface area contributed by atoms with Gasteiger partial charge in [-0.1, -0.05) is 15.9 Å². The van der Waals surface area contributed by atoms with Gasteiger partial charge in [0.15, 0.2) is 0 Å². The third kappa shape index (κ3) is 1.46. The number of nitrogens with zero attached hydrogens (tertiary/aromatic N) is 1. The van der Waals surface area contributed by atoms with Crippen LogP contribution in [0.5, 0.6) is 0 Å². The third-order valence-electron chi connectivity index (χ3n) is 1.69. The van der Waals surface area contributed by atoms with Crippen molar-refractivity contribution in [2.24, 2.45) is 0 Å². The van der Waals surface area contributed by atoms with Crippen LogP contribution in [0.15, 0.2) is 27.1 Å². The van der Waals surface area contributed by atoms with Gasteiger partial charge in [-0.3, -0.25) is 0 Å². The van der Waals surface area contributed by atoms with Crippen molar-refractivity contribution >= 4 is 49.5 Å². The van der Waals surface area contributed by atoms with Crippen LogP contribution in [-0.2, 0) is 0 Å². The van der Waals surface area contributed by atoms with Gasteiger partial charge in [-0.05, 0) is 40.8 Å². The molecule has 2 rings (SSSR count). The van der Waals surface area contributed by atoms with E-state index >= 15 is 0 Å². The van der Waals surface area contributed by atoms with E-state index in [2.05, 4.69) is 38.5 Å². The largest absolute Gasteiger partial charge is 0.444 e. The van der Waals surface area contributed by atoms with Crippen molar-refractivity contribution in [3.63, 3.8) is 0 Å². The van der Waals surface area contributed by atoms with E-state index in [1.165, 1.54) is 0 Å². The van der Waals surface area contributed by atoms with Crippen LogP contribution in [0.2, 0.25) is 0 Å². The zero-order valence-electron chi connectivity index (χ0n) is 6.34. The number of rotatable bonds is 0. The molecule has 0 aliphatic carbocycles. The Bertz CT molecular complexity index is 512. The molecule has 0 spiro atoms. The van der Waals surface area contributed by atoms with Crippen LogP contribution in [0.25, 0.3) is 11.0 Å².